The zero-order valence-corrected chi connectivity index (χ0v) is 18.8. The molecule has 28 heavy (non-hydrogen) atoms. The molecular weight excluding hydrogens is 489 g/mol. The van der Waals surface area contributed by atoms with Crippen LogP contribution < -0.4 is 0 Å². The fraction of sp³-hybridized carbons (Fsp3) is 0.259. The predicted octanol–water partition coefficient (Wildman–Crippen LogP) is 7.31. The third kappa shape index (κ3) is 5.09. The van der Waals surface area contributed by atoms with Gasteiger partial charge in [-0.1, -0.05) is 85.8 Å². The van der Waals surface area contributed by atoms with E-state index in [1.807, 2.05) is 0 Å². The van der Waals surface area contributed by atoms with Crippen molar-refractivity contribution < 1.29 is 37.7 Å². The van der Waals surface area contributed by atoms with Crippen LogP contribution in [0.4, 0.5) is 0 Å². The van der Waals surface area contributed by atoms with Gasteiger partial charge in [0, 0.05) is 0 Å². The van der Waals surface area contributed by atoms with Crippen molar-refractivity contribution in [3.05, 3.63) is 97.3 Å². The van der Waals surface area contributed by atoms with E-state index >= 15 is 0 Å². The van der Waals surface area contributed by atoms with Crippen molar-refractivity contribution in [3.63, 3.8) is 0 Å². The van der Waals surface area contributed by atoms with Crippen molar-refractivity contribution >= 4 is 0 Å². The van der Waals surface area contributed by atoms with Crippen LogP contribution in [0.15, 0.2) is 60.7 Å². The molecule has 1 heteroatoms. The van der Waals surface area contributed by atoms with E-state index in [-0.39, 0.29) is 45.2 Å². The molecule has 0 amide bonds. The first-order valence-corrected chi connectivity index (χ1v) is 9.86. The smallest absolute Gasteiger partial charge is 0.358 e. The molecule has 0 aliphatic heterocycles. The van der Waals surface area contributed by atoms with Crippen LogP contribution >= 0.6 is 0 Å². The molecular formula is C27H29Ho. The monoisotopic (exact) mass is 518 g/mol. The van der Waals surface area contributed by atoms with E-state index in [1.165, 1.54) is 65.5 Å². The van der Waals surface area contributed by atoms with Crippen LogP contribution in [0.5, 0.6) is 0 Å². The van der Waals surface area contributed by atoms with E-state index in [0.717, 1.165) is 6.42 Å². The summed E-state index contributed by atoms with van der Waals surface area (Å²) in [7, 11) is 0. The number of hydrogen-bond acceptors (Lipinski definition) is 0. The fourth-order valence-corrected chi connectivity index (χ4v) is 4.18. The van der Waals surface area contributed by atoms with Crippen LogP contribution in [-0.2, 0) is 19.3 Å². The average Bonchev–Trinajstić information content (AvgIpc) is 2.94. The normalized spacial score (nSPS) is 12.9. The van der Waals surface area contributed by atoms with Crippen LogP contribution in [0.1, 0.15) is 42.9 Å². The number of rotatable bonds is 4. The molecule has 1 aliphatic rings. The molecule has 0 bridgehead atoms. The minimum absolute atomic E-state index is 0. The molecule has 0 unspecified atom stereocenters. The number of benzene rings is 3. The van der Waals surface area contributed by atoms with Gasteiger partial charge in [-0.05, 0) is 17.5 Å². The van der Waals surface area contributed by atoms with Crippen LogP contribution in [0.3, 0.4) is 0 Å². The zero-order valence-electron chi connectivity index (χ0n) is 16.9. The number of fused-ring (bicyclic) bond motifs is 1. The molecule has 4 rings (SSSR count). The molecule has 3 aromatic carbocycles. The summed E-state index contributed by atoms with van der Waals surface area (Å²) in [5.41, 5.74) is 9.80. The van der Waals surface area contributed by atoms with E-state index in [2.05, 4.69) is 80.1 Å². The SMILES string of the molecule is C[CH-]Cc1[c-]cc2c(c1-c1cccc(-c3ccccc3)c1)CCCCC2.[CH3-].[Ho+3]. The van der Waals surface area contributed by atoms with Crippen LogP contribution in [-0.4, -0.2) is 0 Å². The Hall–Kier alpha value is -1.08. The minimum atomic E-state index is 0. The van der Waals surface area contributed by atoms with Crippen LogP contribution in [0.2, 0.25) is 0 Å². The zero-order chi connectivity index (χ0) is 17.8. The van der Waals surface area contributed by atoms with Crippen molar-refractivity contribution in [1.29, 1.82) is 0 Å². The molecule has 0 atom stereocenters. The maximum Gasteiger partial charge on any atom is 3.00 e. The van der Waals surface area contributed by atoms with Crippen molar-refractivity contribution in [2.24, 2.45) is 0 Å². The molecule has 0 aromatic heterocycles. The van der Waals surface area contributed by atoms with Gasteiger partial charge in [-0.25, -0.2) is 0 Å². The fourth-order valence-electron chi connectivity index (χ4n) is 4.18. The molecule has 3 aromatic rings. The first kappa shape index (κ1) is 23.2. The van der Waals surface area contributed by atoms with E-state index < -0.39 is 0 Å². The molecule has 0 heterocycles. The molecule has 0 saturated heterocycles. The Labute approximate surface area is 201 Å². The summed E-state index contributed by atoms with van der Waals surface area (Å²) >= 11 is 0. The molecule has 0 N–H and O–H groups in total. The van der Waals surface area contributed by atoms with Gasteiger partial charge in [-0.3, -0.25) is 0 Å². The largest absolute Gasteiger partial charge is 3.00 e. The number of aryl methyl sites for hydroxylation is 1. The van der Waals surface area contributed by atoms with Gasteiger partial charge < -0.3 is 13.8 Å². The topological polar surface area (TPSA) is 0 Å². The van der Waals surface area contributed by atoms with Gasteiger partial charge in [0.15, 0.2) is 0 Å². The summed E-state index contributed by atoms with van der Waals surface area (Å²) in [5.74, 6) is 0. The van der Waals surface area contributed by atoms with E-state index in [9.17, 15) is 0 Å². The van der Waals surface area contributed by atoms with Crippen molar-refractivity contribution in [2.75, 3.05) is 0 Å². The molecule has 0 spiro atoms. The second kappa shape index (κ2) is 11.2. The van der Waals surface area contributed by atoms with Crippen LogP contribution in [0, 0.1) is 57.7 Å². The Balaban J connectivity index is 0.00000140. The summed E-state index contributed by atoms with van der Waals surface area (Å²) in [6.45, 7) is 2.14. The Morgan fingerprint density at radius 1 is 0.857 bits per heavy atom. The van der Waals surface area contributed by atoms with Crippen molar-refractivity contribution in [1.82, 2.24) is 0 Å². The van der Waals surface area contributed by atoms with Crippen LogP contribution in [0.25, 0.3) is 22.3 Å². The molecule has 148 valence electrons. The Kier molecular flexibility index (Phi) is 9.28. The van der Waals surface area contributed by atoms with Gasteiger partial charge in [0.25, 0.3) is 0 Å². The molecule has 0 radical (unpaired) electrons. The van der Waals surface area contributed by atoms with Gasteiger partial charge in [0.2, 0.25) is 0 Å². The van der Waals surface area contributed by atoms with E-state index in [4.69, 9.17) is 0 Å². The second-order valence-corrected chi connectivity index (χ2v) is 7.27. The minimum Gasteiger partial charge on any atom is -0.358 e. The maximum atomic E-state index is 3.62. The molecule has 1 aliphatic carbocycles. The summed E-state index contributed by atoms with van der Waals surface area (Å²) in [6.07, 6.45) is 9.59. The summed E-state index contributed by atoms with van der Waals surface area (Å²) in [5, 5.41) is 0. The third-order valence-corrected chi connectivity index (χ3v) is 5.45. The molecule has 0 nitrogen and oxygen atoms in total. The average molecular weight is 518 g/mol. The first-order chi connectivity index (χ1) is 12.9. The second-order valence-electron chi connectivity index (χ2n) is 7.27. The summed E-state index contributed by atoms with van der Waals surface area (Å²) in [6, 6.07) is 25.6. The Bertz CT molecular complexity index is 880. The van der Waals surface area contributed by atoms with E-state index in [1.54, 1.807) is 5.56 Å². The molecule has 0 saturated carbocycles. The summed E-state index contributed by atoms with van der Waals surface area (Å²) < 4.78 is 0. The first-order valence-electron chi connectivity index (χ1n) is 9.86. The predicted molar refractivity (Wildman–Crippen MR) is 118 cm³/mol. The van der Waals surface area contributed by atoms with E-state index in [0.29, 0.717) is 0 Å². The Morgan fingerprint density at radius 2 is 1.57 bits per heavy atom. The van der Waals surface area contributed by atoms with Gasteiger partial charge in [0.1, 0.15) is 0 Å². The van der Waals surface area contributed by atoms with Crippen molar-refractivity contribution in [3.8, 4) is 22.3 Å². The van der Waals surface area contributed by atoms with Crippen molar-refractivity contribution in [2.45, 2.75) is 45.4 Å². The quantitative estimate of drug-likeness (QED) is 0.193. The van der Waals surface area contributed by atoms with Gasteiger partial charge in [-0.2, -0.15) is 36.6 Å². The molecule has 0 fully saturated rings. The van der Waals surface area contributed by atoms with Gasteiger partial charge in [0.05, 0.1) is 0 Å². The Morgan fingerprint density at radius 3 is 2.36 bits per heavy atom. The summed E-state index contributed by atoms with van der Waals surface area (Å²) in [4.78, 5) is 0. The maximum absolute atomic E-state index is 3.62. The van der Waals surface area contributed by atoms with Gasteiger partial charge >= 0.3 is 37.7 Å². The third-order valence-electron chi connectivity index (χ3n) is 5.45. The van der Waals surface area contributed by atoms with Gasteiger partial charge in [-0.15, -0.1) is 11.1 Å². The standard InChI is InChI=1S/C26H26.CH3.Ho/c1-2-10-22-18-17-21-13-7-4-8-16-25(21)26(22)24-15-9-14-23(19-24)20-11-5-3-6-12-20;;/h2-3,5-6,9,11-12,14-15,17,19H,4,7-8,10,13,16H2,1H3;1H3;/q-2;-1;+3. The number of hydrogen-bond donors (Lipinski definition) is 0.